The molecule has 1 atom stereocenters. The lowest BCUT2D eigenvalue weighted by Gasteiger charge is -2.32. The van der Waals surface area contributed by atoms with Crippen LogP contribution in [0.1, 0.15) is 26.2 Å². The summed E-state index contributed by atoms with van der Waals surface area (Å²) < 4.78 is 11.0. The molecule has 1 amide bonds. The third-order valence-electron chi connectivity index (χ3n) is 3.56. The van der Waals surface area contributed by atoms with Crippen LogP contribution in [-0.2, 0) is 14.3 Å². The average molecular weight is 293 g/mol. The Morgan fingerprint density at radius 1 is 1.42 bits per heavy atom. The standard InChI is InChI=1S/C13H24N2O3.ClH/c1-11-10-15(6-5-14-11)13(16)4-9-18-12-2-7-17-8-3-12;/h11-12,14H,2-10H2,1H3;1H. The summed E-state index contributed by atoms with van der Waals surface area (Å²) in [5.41, 5.74) is 0. The molecule has 0 bridgehead atoms. The van der Waals surface area contributed by atoms with Gasteiger partial charge in [-0.2, -0.15) is 0 Å². The molecule has 2 saturated heterocycles. The van der Waals surface area contributed by atoms with Gasteiger partial charge in [-0.3, -0.25) is 4.79 Å². The lowest BCUT2D eigenvalue weighted by atomic mass is 10.1. The molecule has 0 saturated carbocycles. The van der Waals surface area contributed by atoms with E-state index in [-0.39, 0.29) is 24.4 Å². The van der Waals surface area contributed by atoms with Crippen molar-refractivity contribution < 1.29 is 14.3 Å². The topological polar surface area (TPSA) is 50.8 Å². The molecule has 2 fully saturated rings. The maximum absolute atomic E-state index is 12.0. The van der Waals surface area contributed by atoms with E-state index in [0.717, 1.165) is 45.7 Å². The van der Waals surface area contributed by atoms with Gasteiger partial charge in [0, 0.05) is 38.9 Å². The van der Waals surface area contributed by atoms with Crippen molar-refractivity contribution in [3.05, 3.63) is 0 Å². The largest absolute Gasteiger partial charge is 0.381 e. The third kappa shape index (κ3) is 5.65. The molecule has 1 unspecified atom stereocenters. The van der Waals surface area contributed by atoms with Gasteiger partial charge in [-0.1, -0.05) is 0 Å². The molecule has 0 aromatic carbocycles. The van der Waals surface area contributed by atoms with Crippen molar-refractivity contribution in [2.45, 2.75) is 38.3 Å². The number of halogens is 1. The lowest BCUT2D eigenvalue weighted by molar-refractivity contribution is -0.134. The highest BCUT2D eigenvalue weighted by Crippen LogP contribution is 2.11. The second-order valence-corrected chi connectivity index (χ2v) is 5.13. The number of nitrogens with one attached hydrogen (secondary N) is 1. The minimum Gasteiger partial charge on any atom is -0.381 e. The molecule has 0 radical (unpaired) electrons. The zero-order chi connectivity index (χ0) is 12.8. The van der Waals surface area contributed by atoms with E-state index in [2.05, 4.69) is 12.2 Å². The van der Waals surface area contributed by atoms with Gasteiger partial charge in [0.2, 0.25) is 5.91 Å². The molecule has 112 valence electrons. The number of nitrogens with zero attached hydrogens (tertiary/aromatic N) is 1. The van der Waals surface area contributed by atoms with Crippen LogP contribution in [0.4, 0.5) is 0 Å². The van der Waals surface area contributed by atoms with Crippen molar-refractivity contribution in [3.8, 4) is 0 Å². The molecule has 5 nitrogen and oxygen atoms in total. The summed E-state index contributed by atoms with van der Waals surface area (Å²) >= 11 is 0. The zero-order valence-corrected chi connectivity index (χ0v) is 12.4. The monoisotopic (exact) mass is 292 g/mol. The Balaban J connectivity index is 0.00000180. The maximum Gasteiger partial charge on any atom is 0.224 e. The fourth-order valence-corrected chi connectivity index (χ4v) is 2.47. The molecule has 2 rings (SSSR count). The summed E-state index contributed by atoms with van der Waals surface area (Å²) in [7, 11) is 0. The summed E-state index contributed by atoms with van der Waals surface area (Å²) in [6, 6.07) is 0.402. The van der Waals surface area contributed by atoms with Crippen LogP contribution in [0.3, 0.4) is 0 Å². The van der Waals surface area contributed by atoms with Crippen molar-refractivity contribution in [3.63, 3.8) is 0 Å². The number of ether oxygens (including phenoxy) is 2. The van der Waals surface area contributed by atoms with E-state index < -0.39 is 0 Å². The number of rotatable bonds is 4. The Morgan fingerprint density at radius 2 is 2.16 bits per heavy atom. The number of piperazine rings is 1. The SMILES string of the molecule is CC1CN(C(=O)CCOC2CCOCC2)CCN1.Cl. The molecular formula is C13H25ClN2O3. The predicted octanol–water partition coefficient (Wildman–Crippen LogP) is 0.814. The highest BCUT2D eigenvalue weighted by atomic mass is 35.5. The van der Waals surface area contributed by atoms with E-state index in [1.807, 2.05) is 4.90 Å². The third-order valence-corrected chi connectivity index (χ3v) is 3.56. The number of hydrogen-bond donors (Lipinski definition) is 1. The summed E-state index contributed by atoms with van der Waals surface area (Å²) in [5.74, 6) is 0.218. The zero-order valence-electron chi connectivity index (χ0n) is 11.6. The maximum atomic E-state index is 12.0. The molecule has 2 aliphatic rings. The molecule has 1 N–H and O–H groups in total. The first-order valence-corrected chi connectivity index (χ1v) is 6.96. The molecule has 2 heterocycles. The van der Waals surface area contributed by atoms with Crippen LogP contribution in [0.15, 0.2) is 0 Å². The fraction of sp³-hybridized carbons (Fsp3) is 0.923. The Labute approximate surface area is 121 Å². The van der Waals surface area contributed by atoms with Crippen LogP contribution < -0.4 is 5.32 Å². The van der Waals surface area contributed by atoms with Crippen molar-refractivity contribution in [2.24, 2.45) is 0 Å². The molecule has 0 aliphatic carbocycles. The van der Waals surface area contributed by atoms with Crippen LogP contribution in [0.2, 0.25) is 0 Å². The van der Waals surface area contributed by atoms with Gasteiger partial charge in [0.25, 0.3) is 0 Å². The summed E-state index contributed by atoms with van der Waals surface area (Å²) in [6.45, 7) is 6.76. The molecule has 0 aromatic rings. The molecule has 0 aromatic heterocycles. The van der Waals surface area contributed by atoms with Crippen LogP contribution in [0, 0.1) is 0 Å². The minimum absolute atomic E-state index is 0. The average Bonchev–Trinajstić information content (AvgIpc) is 2.40. The van der Waals surface area contributed by atoms with E-state index in [1.54, 1.807) is 0 Å². The molecule has 19 heavy (non-hydrogen) atoms. The first-order valence-electron chi connectivity index (χ1n) is 6.96. The van der Waals surface area contributed by atoms with Crippen LogP contribution in [0.5, 0.6) is 0 Å². The molecule has 2 aliphatic heterocycles. The number of carbonyl (C=O) groups is 1. The normalized spacial score (nSPS) is 24.9. The quantitative estimate of drug-likeness (QED) is 0.833. The van der Waals surface area contributed by atoms with Crippen molar-refractivity contribution in [1.29, 1.82) is 0 Å². The van der Waals surface area contributed by atoms with Gasteiger partial charge in [-0.05, 0) is 19.8 Å². The van der Waals surface area contributed by atoms with Gasteiger partial charge in [-0.25, -0.2) is 0 Å². The first-order chi connectivity index (χ1) is 8.75. The van der Waals surface area contributed by atoms with Gasteiger partial charge in [-0.15, -0.1) is 12.4 Å². The number of hydrogen-bond acceptors (Lipinski definition) is 4. The first kappa shape index (κ1) is 16.7. The number of carbonyl (C=O) groups excluding carboxylic acids is 1. The van der Waals surface area contributed by atoms with Gasteiger partial charge in [0.05, 0.1) is 19.1 Å². The van der Waals surface area contributed by atoms with Crippen LogP contribution >= 0.6 is 12.4 Å². The lowest BCUT2D eigenvalue weighted by Crippen LogP contribution is -2.51. The van der Waals surface area contributed by atoms with E-state index in [1.165, 1.54) is 0 Å². The van der Waals surface area contributed by atoms with Crippen LogP contribution in [-0.4, -0.2) is 62.4 Å². The smallest absolute Gasteiger partial charge is 0.224 e. The van der Waals surface area contributed by atoms with Crippen LogP contribution in [0.25, 0.3) is 0 Å². The van der Waals surface area contributed by atoms with E-state index in [4.69, 9.17) is 9.47 Å². The van der Waals surface area contributed by atoms with Gasteiger partial charge >= 0.3 is 0 Å². The van der Waals surface area contributed by atoms with Crippen molar-refractivity contribution in [1.82, 2.24) is 10.2 Å². The fourth-order valence-electron chi connectivity index (χ4n) is 2.47. The van der Waals surface area contributed by atoms with E-state index >= 15 is 0 Å². The number of amides is 1. The Kier molecular flexibility index (Phi) is 7.68. The Hall–Kier alpha value is -0.360. The predicted molar refractivity (Wildman–Crippen MR) is 75.7 cm³/mol. The Bertz CT molecular complexity index is 273. The second-order valence-electron chi connectivity index (χ2n) is 5.13. The second kappa shape index (κ2) is 8.74. The minimum atomic E-state index is 0. The van der Waals surface area contributed by atoms with Gasteiger partial charge in [0.1, 0.15) is 0 Å². The van der Waals surface area contributed by atoms with Crippen molar-refractivity contribution in [2.75, 3.05) is 39.5 Å². The van der Waals surface area contributed by atoms with E-state index in [9.17, 15) is 4.79 Å². The van der Waals surface area contributed by atoms with E-state index in [0.29, 0.717) is 19.1 Å². The summed E-state index contributed by atoms with van der Waals surface area (Å²) in [6.07, 6.45) is 2.70. The van der Waals surface area contributed by atoms with Gasteiger partial charge < -0.3 is 19.7 Å². The summed E-state index contributed by atoms with van der Waals surface area (Å²) in [4.78, 5) is 13.9. The summed E-state index contributed by atoms with van der Waals surface area (Å²) in [5, 5.41) is 3.34. The highest BCUT2D eigenvalue weighted by molar-refractivity contribution is 5.85. The molecule has 0 spiro atoms. The van der Waals surface area contributed by atoms with Gasteiger partial charge in [0.15, 0.2) is 0 Å². The highest BCUT2D eigenvalue weighted by Gasteiger charge is 2.20. The molecule has 6 heteroatoms. The van der Waals surface area contributed by atoms with Crippen molar-refractivity contribution >= 4 is 18.3 Å². The Morgan fingerprint density at radius 3 is 2.84 bits per heavy atom. The molecular weight excluding hydrogens is 268 g/mol.